The van der Waals surface area contributed by atoms with Gasteiger partial charge in [-0.25, -0.2) is 0 Å². The van der Waals surface area contributed by atoms with Crippen molar-refractivity contribution in [3.63, 3.8) is 0 Å². The first-order chi connectivity index (χ1) is 18.6. The molecule has 0 saturated heterocycles. The van der Waals surface area contributed by atoms with Crippen LogP contribution in [0.25, 0.3) is 0 Å². The van der Waals surface area contributed by atoms with Crippen LogP contribution in [0.2, 0.25) is 5.02 Å². The second kappa shape index (κ2) is 13.1. The van der Waals surface area contributed by atoms with Crippen LogP contribution in [0.1, 0.15) is 74.4 Å². The molecule has 6 nitrogen and oxygen atoms in total. The highest BCUT2D eigenvalue weighted by Crippen LogP contribution is 2.43. The van der Waals surface area contributed by atoms with Gasteiger partial charge in [0.15, 0.2) is 0 Å². The second-order valence-electron chi connectivity index (χ2n) is 11.6. The fourth-order valence-electron chi connectivity index (χ4n) is 5.32. The summed E-state index contributed by atoms with van der Waals surface area (Å²) >= 11 is 6.16. The van der Waals surface area contributed by atoms with Gasteiger partial charge in [0.25, 0.3) is 5.91 Å². The lowest BCUT2D eigenvalue weighted by Gasteiger charge is -2.39. The second-order valence-corrected chi connectivity index (χ2v) is 12.0. The molecule has 218 valence electrons. The molecule has 3 rings (SSSR count). The smallest absolute Gasteiger partial charge is 0.416 e. The summed E-state index contributed by atoms with van der Waals surface area (Å²) in [5, 5.41) is 14.0. The van der Waals surface area contributed by atoms with Crippen LogP contribution in [0.4, 0.5) is 18.9 Å². The Hall–Kier alpha value is -3.07. The van der Waals surface area contributed by atoms with E-state index in [9.17, 15) is 27.6 Å². The van der Waals surface area contributed by atoms with E-state index in [1.807, 2.05) is 0 Å². The summed E-state index contributed by atoms with van der Waals surface area (Å²) in [5.41, 5.74) is 0.330. The van der Waals surface area contributed by atoms with Crippen LogP contribution in [0.15, 0.2) is 42.5 Å². The van der Waals surface area contributed by atoms with E-state index in [0.29, 0.717) is 17.9 Å². The summed E-state index contributed by atoms with van der Waals surface area (Å²) in [4.78, 5) is 36.6. The van der Waals surface area contributed by atoms with E-state index in [1.165, 1.54) is 0 Å². The SMILES string of the molecule is CC(C)(C)C1CCC(C(Cc2ccc(C(=O)NCCC(=O)O)cc2)C(=O)Nc2cc(C(F)(F)F)ccc2Cl)CC1. The van der Waals surface area contributed by atoms with Gasteiger partial charge in [-0.1, -0.05) is 44.5 Å². The van der Waals surface area contributed by atoms with E-state index in [2.05, 4.69) is 31.4 Å². The van der Waals surface area contributed by atoms with Crippen LogP contribution in [-0.2, 0) is 22.2 Å². The van der Waals surface area contributed by atoms with E-state index in [1.54, 1.807) is 24.3 Å². The number of halogens is 4. The highest BCUT2D eigenvalue weighted by atomic mass is 35.5. The van der Waals surface area contributed by atoms with Crippen LogP contribution in [0, 0.1) is 23.2 Å². The average Bonchev–Trinajstić information content (AvgIpc) is 2.87. The van der Waals surface area contributed by atoms with E-state index < -0.39 is 35.4 Å². The molecule has 1 atom stereocenters. The van der Waals surface area contributed by atoms with Crippen molar-refractivity contribution in [1.29, 1.82) is 0 Å². The third kappa shape index (κ3) is 8.71. The Morgan fingerprint density at radius 2 is 1.62 bits per heavy atom. The highest BCUT2D eigenvalue weighted by molar-refractivity contribution is 6.33. The van der Waals surface area contributed by atoms with Gasteiger partial charge in [0.2, 0.25) is 5.91 Å². The number of alkyl halides is 3. The maximum atomic E-state index is 13.6. The van der Waals surface area contributed by atoms with Crippen LogP contribution in [0.5, 0.6) is 0 Å². The zero-order chi connectivity index (χ0) is 29.7. The van der Waals surface area contributed by atoms with Crippen LogP contribution >= 0.6 is 11.6 Å². The summed E-state index contributed by atoms with van der Waals surface area (Å²) < 4.78 is 39.9. The number of carbonyl (C=O) groups excluding carboxylic acids is 2. The number of carboxylic acids is 1. The number of hydrogen-bond acceptors (Lipinski definition) is 3. The molecule has 1 saturated carbocycles. The predicted octanol–water partition coefficient (Wildman–Crippen LogP) is 7.21. The van der Waals surface area contributed by atoms with Gasteiger partial charge in [-0.05, 0) is 85.3 Å². The van der Waals surface area contributed by atoms with Crippen molar-refractivity contribution in [2.75, 3.05) is 11.9 Å². The van der Waals surface area contributed by atoms with Crippen molar-refractivity contribution in [1.82, 2.24) is 5.32 Å². The number of carbonyl (C=O) groups is 3. The molecule has 0 heterocycles. The highest BCUT2D eigenvalue weighted by Gasteiger charge is 2.36. The number of anilines is 1. The zero-order valence-electron chi connectivity index (χ0n) is 22.9. The Labute approximate surface area is 237 Å². The minimum atomic E-state index is -4.57. The van der Waals surface area contributed by atoms with Gasteiger partial charge in [0.05, 0.1) is 22.7 Å². The van der Waals surface area contributed by atoms with Gasteiger partial charge >= 0.3 is 12.1 Å². The normalized spacial score (nSPS) is 18.6. The van der Waals surface area contributed by atoms with Crippen molar-refractivity contribution in [3.05, 3.63) is 64.2 Å². The number of carboxylic acid groups (broad SMARTS) is 1. The lowest BCUT2D eigenvalue weighted by Crippen LogP contribution is -2.35. The molecule has 1 aliphatic rings. The van der Waals surface area contributed by atoms with Gasteiger partial charge in [-0.3, -0.25) is 14.4 Å². The molecule has 0 aliphatic heterocycles. The van der Waals surface area contributed by atoms with Crippen molar-refractivity contribution in [2.24, 2.45) is 23.2 Å². The summed E-state index contributed by atoms with van der Waals surface area (Å²) in [7, 11) is 0. The van der Waals surface area contributed by atoms with Gasteiger partial charge in [-0.15, -0.1) is 0 Å². The molecule has 1 unspecified atom stereocenters. The molecule has 1 aliphatic carbocycles. The van der Waals surface area contributed by atoms with E-state index in [4.69, 9.17) is 16.7 Å². The van der Waals surface area contributed by atoms with E-state index in [0.717, 1.165) is 49.4 Å². The Kier molecular flexibility index (Phi) is 10.3. The number of nitrogens with one attached hydrogen (secondary N) is 2. The lowest BCUT2D eigenvalue weighted by molar-refractivity contribution is -0.138. The number of aliphatic carboxylic acids is 1. The number of benzene rings is 2. The molecule has 0 spiro atoms. The van der Waals surface area contributed by atoms with Crippen LogP contribution in [0.3, 0.4) is 0 Å². The van der Waals surface area contributed by atoms with E-state index >= 15 is 0 Å². The topological polar surface area (TPSA) is 95.5 Å². The zero-order valence-corrected chi connectivity index (χ0v) is 23.7. The Bertz CT molecular complexity index is 1200. The summed E-state index contributed by atoms with van der Waals surface area (Å²) in [6.45, 7) is 6.62. The maximum Gasteiger partial charge on any atom is 0.416 e. The van der Waals surface area contributed by atoms with Crippen molar-refractivity contribution in [3.8, 4) is 0 Å². The number of rotatable bonds is 9. The molecule has 0 bridgehead atoms. The molecule has 1 fully saturated rings. The first-order valence-corrected chi connectivity index (χ1v) is 13.8. The third-order valence-electron chi connectivity index (χ3n) is 7.75. The fourth-order valence-corrected chi connectivity index (χ4v) is 5.48. The first-order valence-electron chi connectivity index (χ1n) is 13.4. The standard InChI is InChI=1S/C30H36ClF3N2O4/c1-29(2,3)21-10-8-19(9-11-21)23(28(40)36-25-17-22(30(32,33)34)12-13-24(25)31)16-18-4-6-20(7-5-18)27(39)35-15-14-26(37)38/h4-7,12-13,17,19,21,23H,8-11,14-16H2,1-3H3,(H,35,39)(H,36,40)(H,37,38). The van der Waals surface area contributed by atoms with Gasteiger partial charge in [0.1, 0.15) is 0 Å². The molecule has 3 N–H and O–H groups in total. The third-order valence-corrected chi connectivity index (χ3v) is 8.08. The first kappa shape index (κ1) is 31.5. The fraction of sp³-hybridized carbons (Fsp3) is 0.500. The molecular formula is C30H36ClF3N2O4. The molecule has 10 heteroatoms. The minimum Gasteiger partial charge on any atom is -0.481 e. The molecule has 0 radical (unpaired) electrons. The van der Waals surface area contributed by atoms with Crippen molar-refractivity contribution < 1.29 is 32.7 Å². The summed E-state index contributed by atoms with van der Waals surface area (Å²) in [6.07, 6.45) is -0.866. The molecular weight excluding hydrogens is 545 g/mol. The van der Waals surface area contributed by atoms with Crippen molar-refractivity contribution >= 4 is 35.1 Å². The van der Waals surface area contributed by atoms with Crippen LogP contribution < -0.4 is 10.6 Å². The van der Waals surface area contributed by atoms with Crippen molar-refractivity contribution in [2.45, 2.75) is 65.5 Å². The molecule has 2 aromatic rings. The monoisotopic (exact) mass is 580 g/mol. The molecule has 0 aromatic heterocycles. The summed E-state index contributed by atoms with van der Waals surface area (Å²) in [6, 6.07) is 9.56. The Morgan fingerprint density at radius 3 is 2.17 bits per heavy atom. The largest absolute Gasteiger partial charge is 0.481 e. The average molecular weight is 581 g/mol. The summed E-state index contributed by atoms with van der Waals surface area (Å²) in [5.74, 6) is -1.77. The lowest BCUT2D eigenvalue weighted by atomic mass is 9.66. The van der Waals surface area contributed by atoms with Crippen LogP contribution in [-0.4, -0.2) is 29.4 Å². The maximum absolute atomic E-state index is 13.6. The van der Waals surface area contributed by atoms with Gasteiger partial charge in [0, 0.05) is 18.0 Å². The molecule has 2 amide bonds. The van der Waals surface area contributed by atoms with E-state index in [-0.39, 0.29) is 35.0 Å². The van der Waals surface area contributed by atoms with Gasteiger partial charge < -0.3 is 15.7 Å². The number of amides is 2. The van der Waals surface area contributed by atoms with Gasteiger partial charge in [-0.2, -0.15) is 13.2 Å². The predicted molar refractivity (Wildman–Crippen MR) is 148 cm³/mol. The number of hydrogen-bond donors (Lipinski definition) is 3. The molecule has 2 aromatic carbocycles. The Balaban J connectivity index is 1.79. The molecule has 40 heavy (non-hydrogen) atoms. The Morgan fingerprint density at radius 1 is 1.00 bits per heavy atom. The quantitative estimate of drug-likeness (QED) is 0.292. The minimum absolute atomic E-state index is 0.00744.